The van der Waals surface area contributed by atoms with Gasteiger partial charge in [-0.05, 0) is 35.8 Å². The second-order valence-electron chi connectivity index (χ2n) is 3.84. The van der Waals surface area contributed by atoms with E-state index < -0.39 is 0 Å². The third-order valence-corrected chi connectivity index (χ3v) is 4.30. The van der Waals surface area contributed by atoms with Crippen LogP contribution in [0.1, 0.15) is 18.7 Å². The van der Waals surface area contributed by atoms with E-state index >= 15 is 0 Å². The van der Waals surface area contributed by atoms with Crippen LogP contribution in [0.2, 0.25) is 0 Å². The molecule has 0 saturated heterocycles. The first-order chi connectivity index (χ1) is 7.58. The number of methoxy groups -OCH3 is 1. The van der Waals surface area contributed by atoms with Gasteiger partial charge in [0.2, 0.25) is 0 Å². The largest absolute Gasteiger partial charge is 0.486 e. The maximum atomic E-state index is 9.00. The Kier molecular flexibility index (Phi) is 5.75. The number of hydrogen-bond donors (Lipinski definition) is 1. The Morgan fingerprint density at radius 2 is 2.25 bits per heavy atom. The third-order valence-electron chi connectivity index (χ3n) is 2.37. The zero-order chi connectivity index (χ0) is 12.1. The maximum Gasteiger partial charge on any atom is 0.188 e. The van der Waals surface area contributed by atoms with Crippen LogP contribution in [0, 0.1) is 0 Å². The van der Waals surface area contributed by atoms with Gasteiger partial charge in [-0.3, -0.25) is 4.90 Å². The molecule has 0 atom stereocenters. The van der Waals surface area contributed by atoms with Crippen molar-refractivity contribution in [1.29, 1.82) is 0 Å². The molecule has 1 aromatic heterocycles. The lowest BCUT2D eigenvalue weighted by atomic mass is 10.3. The van der Waals surface area contributed by atoms with Crippen molar-refractivity contribution >= 4 is 27.3 Å². The molecule has 1 rings (SSSR count). The minimum atomic E-state index is 0.196. The predicted octanol–water partition coefficient (Wildman–Crippen LogP) is 2.72. The lowest BCUT2D eigenvalue weighted by Crippen LogP contribution is -2.32. The third kappa shape index (κ3) is 3.73. The van der Waals surface area contributed by atoms with Crippen molar-refractivity contribution in [2.75, 3.05) is 20.3 Å². The molecule has 1 aromatic rings. The molecule has 0 amide bonds. The zero-order valence-electron chi connectivity index (χ0n) is 9.86. The molecule has 0 unspecified atom stereocenters. The first-order valence-electron chi connectivity index (χ1n) is 5.25. The van der Waals surface area contributed by atoms with E-state index in [1.807, 2.05) is 0 Å². The predicted molar refractivity (Wildman–Crippen MR) is 71.2 cm³/mol. The molecule has 0 aliphatic rings. The highest BCUT2D eigenvalue weighted by Crippen LogP contribution is 2.35. The summed E-state index contributed by atoms with van der Waals surface area (Å²) in [5, 5.41) is 9.90. The van der Waals surface area contributed by atoms with Gasteiger partial charge in [0.25, 0.3) is 0 Å². The van der Waals surface area contributed by atoms with Gasteiger partial charge in [-0.25, -0.2) is 0 Å². The summed E-state index contributed by atoms with van der Waals surface area (Å²) >= 11 is 5.10. The first kappa shape index (κ1) is 14.0. The molecule has 0 saturated carbocycles. The van der Waals surface area contributed by atoms with Crippen LogP contribution in [0.5, 0.6) is 5.06 Å². The zero-order valence-corrected chi connectivity index (χ0v) is 12.3. The van der Waals surface area contributed by atoms with Crippen LogP contribution in [0.4, 0.5) is 0 Å². The molecule has 0 aliphatic carbocycles. The molecule has 16 heavy (non-hydrogen) atoms. The summed E-state index contributed by atoms with van der Waals surface area (Å²) in [4.78, 5) is 3.48. The van der Waals surface area contributed by atoms with Crippen molar-refractivity contribution < 1.29 is 9.84 Å². The second kappa shape index (κ2) is 6.59. The van der Waals surface area contributed by atoms with Crippen molar-refractivity contribution in [3.8, 4) is 5.06 Å². The molecule has 92 valence electrons. The van der Waals surface area contributed by atoms with Gasteiger partial charge in [0.1, 0.15) is 0 Å². The van der Waals surface area contributed by atoms with E-state index in [0.717, 1.165) is 16.1 Å². The topological polar surface area (TPSA) is 32.7 Å². The van der Waals surface area contributed by atoms with E-state index in [-0.39, 0.29) is 6.61 Å². The molecule has 0 bridgehead atoms. The van der Waals surface area contributed by atoms with Crippen LogP contribution in [-0.2, 0) is 6.54 Å². The number of halogens is 1. The van der Waals surface area contributed by atoms with Gasteiger partial charge in [-0.15, -0.1) is 11.3 Å². The van der Waals surface area contributed by atoms with Gasteiger partial charge < -0.3 is 9.84 Å². The highest BCUT2D eigenvalue weighted by Gasteiger charge is 2.13. The average Bonchev–Trinajstić information content (AvgIpc) is 2.58. The molecule has 5 heteroatoms. The Labute approximate surface area is 109 Å². The molecule has 0 aromatic carbocycles. The van der Waals surface area contributed by atoms with Gasteiger partial charge >= 0.3 is 0 Å². The van der Waals surface area contributed by atoms with Crippen LogP contribution >= 0.6 is 27.3 Å². The number of nitrogens with zero attached hydrogens (tertiary/aromatic N) is 1. The highest BCUT2D eigenvalue weighted by molar-refractivity contribution is 9.10. The molecular formula is C11H18BrNO2S. The standard InChI is InChI=1S/C11H18BrNO2S/c1-8(2)13(4-5-14)7-9-6-10(12)11(15-3)16-9/h6,8,14H,4-5,7H2,1-3H3. The van der Waals surface area contributed by atoms with Crippen molar-refractivity contribution in [1.82, 2.24) is 4.90 Å². The van der Waals surface area contributed by atoms with Crippen molar-refractivity contribution in [3.05, 3.63) is 15.4 Å². The fourth-order valence-corrected chi connectivity index (χ4v) is 3.18. The van der Waals surface area contributed by atoms with Gasteiger partial charge in [-0.2, -0.15) is 0 Å². The summed E-state index contributed by atoms with van der Waals surface area (Å²) in [5.41, 5.74) is 0. The minimum Gasteiger partial charge on any atom is -0.486 e. The van der Waals surface area contributed by atoms with E-state index in [4.69, 9.17) is 9.84 Å². The fraction of sp³-hybridized carbons (Fsp3) is 0.636. The number of aliphatic hydroxyl groups excluding tert-OH is 1. The van der Waals surface area contributed by atoms with E-state index in [2.05, 4.69) is 40.7 Å². The Hall–Kier alpha value is -0.100. The molecule has 0 radical (unpaired) electrons. The van der Waals surface area contributed by atoms with Crippen LogP contribution in [0.3, 0.4) is 0 Å². The summed E-state index contributed by atoms with van der Waals surface area (Å²) in [6.45, 7) is 6.02. The lowest BCUT2D eigenvalue weighted by molar-refractivity contribution is 0.160. The van der Waals surface area contributed by atoms with Gasteiger partial charge in [-0.1, -0.05) is 0 Å². The van der Waals surface area contributed by atoms with Gasteiger partial charge in [0.05, 0.1) is 18.2 Å². The molecule has 1 heterocycles. The second-order valence-corrected chi connectivity index (χ2v) is 5.79. The molecule has 1 N–H and O–H groups in total. The Balaban J connectivity index is 2.69. The van der Waals surface area contributed by atoms with Crippen molar-refractivity contribution in [2.24, 2.45) is 0 Å². The summed E-state index contributed by atoms with van der Waals surface area (Å²) < 4.78 is 6.23. The van der Waals surface area contributed by atoms with Crippen LogP contribution in [0.15, 0.2) is 10.5 Å². The molecule has 0 fully saturated rings. The fourth-order valence-electron chi connectivity index (χ4n) is 1.46. The SMILES string of the molecule is COc1sc(CN(CCO)C(C)C)cc1Br. The summed E-state index contributed by atoms with van der Waals surface area (Å²) in [5.74, 6) is 0. The summed E-state index contributed by atoms with van der Waals surface area (Å²) in [7, 11) is 1.67. The molecular weight excluding hydrogens is 290 g/mol. The first-order valence-corrected chi connectivity index (χ1v) is 6.86. The van der Waals surface area contributed by atoms with Crippen LogP contribution < -0.4 is 4.74 Å². The Morgan fingerprint density at radius 3 is 2.69 bits per heavy atom. The maximum absolute atomic E-state index is 9.00. The normalized spacial score (nSPS) is 11.4. The average molecular weight is 308 g/mol. The van der Waals surface area contributed by atoms with Crippen molar-refractivity contribution in [2.45, 2.75) is 26.4 Å². The minimum absolute atomic E-state index is 0.196. The van der Waals surface area contributed by atoms with E-state index in [0.29, 0.717) is 12.6 Å². The van der Waals surface area contributed by atoms with Crippen LogP contribution in [0.25, 0.3) is 0 Å². The monoisotopic (exact) mass is 307 g/mol. The smallest absolute Gasteiger partial charge is 0.188 e. The number of aliphatic hydroxyl groups is 1. The quantitative estimate of drug-likeness (QED) is 0.877. The van der Waals surface area contributed by atoms with Crippen LogP contribution in [-0.4, -0.2) is 36.3 Å². The molecule has 0 aliphatic heterocycles. The molecule has 3 nitrogen and oxygen atoms in total. The number of ether oxygens (including phenoxy) is 1. The Bertz CT molecular complexity index is 328. The summed E-state index contributed by atoms with van der Waals surface area (Å²) in [6, 6.07) is 2.51. The van der Waals surface area contributed by atoms with E-state index in [1.54, 1.807) is 18.4 Å². The van der Waals surface area contributed by atoms with Gasteiger partial charge in [0, 0.05) is 24.0 Å². The Morgan fingerprint density at radius 1 is 1.56 bits per heavy atom. The van der Waals surface area contributed by atoms with E-state index in [9.17, 15) is 0 Å². The number of hydrogen-bond acceptors (Lipinski definition) is 4. The van der Waals surface area contributed by atoms with E-state index in [1.165, 1.54) is 4.88 Å². The lowest BCUT2D eigenvalue weighted by Gasteiger charge is -2.24. The van der Waals surface area contributed by atoms with Crippen molar-refractivity contribution in [3.63, 3.8) is 0 Å². The van der Waals surface area contributed by atoms with Gasteiger partial charge in [0.15, 0.2) is 5.06 Å². The highest BCUT2D eigenvalue weighted by atomic mass is 79.9. The number of thiophene rings is 1. The molecule has 0 spiro atoms. The summed E-state index contributed by atoms with van der Waals surface area (Å²) in [6.07, 6.45) is 0. The number of rotatable bonds is 6.